The molecule has 32 heavy (non-hydrogen) atoms. The van der Waals surface area contributed by atoms with Gasteiger partial charge in [-0.3, -0.25) is 4.98 Å². The van der Waals surface area contributed by atoms with Crippen LogP contribution in [0.4, 0.5) is 11.6 Å². The molecule has 0 bridgehead atoms. The Morgan fingerprint density at radius 2 is 1.09 bits per heavy atom. The highest BCUT2D eigenvalue weighted by molar-refractivity contribution is 5.82. The van der Waals surface area contributed by atoms with Crippen LogP contribution in [-0.2, 0) is 0 Å². The first kappa shape index (κ1) is 18.1. The maximum Gasteiger partial charge on any atom is 0.163 e. The van der Waals surface area contributed by atoms with Crippen LogP contribution >= 0.6 is 0 Å². The van der Waals surface area contributed by atoms with Gasteiger partial charge in [0.1, 0.15) is 6.33 Å². The van der Waals surface area contributed by atoms with Crippen LogP contribution < -0.4 is 10.7 Å². The van der Waals surface area contributed by atoms with E-state index in [-0.39, 0.29) is 0 Å². The van der Waals surface area contributed by atoms with Gasteiger partial charge in [-0.1, -0.05) is 36.4 Å². The topological polar surface area (TPSA) is 95.0 Å². The highest BCUT2D eigenvalue weighted by Crippen LogP contribution is 2.34. The largest absolute Gasteiger partial charge is 0.359 e. The summed E-state index contributed by atoms with van der Waals surface area (Å²) in [5.41, 5.74) is 3.46. The standard InChI is InChI=1S/C25H17N7/c1-3-7-20(22-16(5-1)9-11-27-22)31-24-18-13-26-14-19(18)25(30-15-29-24)32-21-8-4-2-6-17-10-12-28-23(17)21/h1-15,27-28H/b31-20+,32-21?. The Kier molecular flexibility index (Phi) is 4.28. The maximum atomic E-state index is 4.85. The number of aromatic amines is 2. The van der Waals surface area contributed by atoms with E-state index in [0.717, 1.165) is 43.6 Å². The van der Waals surface area contributed by atoms with Gasteiger partial charge in [-0.05, 0) is 24.3 Å². The first-order valence-corrected chi connectivity index (χ1v) is 10.2. The van der Waals surface area contributed by atoms with Crippen LogP contribution in [0.2, 0.25) is 0 Å². The number of nitrogens with one attached hydrogen (secondary N) is 2. The summed E-state index contributed by atoms with van der Waals surface area (Å²) in [5, 5.41) is 3.73. The van der Waals surface area contributed by atoms with Crippen LogP contribution in [0.1, 0.15) is 0 Å². The van der Waals surface area contributed by atoms with Crippen molar-refractivity contribution in [1.29, 1.82) is 0 Å². The first-order chi connectivity index (χ1) is 15.9. The molecule has 2 aromatic heterocycles. The Balaban J connectivity index is 1.57. The summed E-state index contributed by atoms with van der Waals surface area (Å²) in [6, 6.07) is 20.0. The lowest BCUT2D eigenvalue weighted by Gasteiger charge is -1.97. The van der Waals surface area contributed by atoms with E-state index < -0.39 is 0 Å². The van der Waals surface area contributed by atoms with Crippen LogP contribution in [0.15, 0.2) is 102 Å². The van der Waals surface area contributed by atoms with Gasteiger partial charge in [0.25, 0.3) is 0 Å². The molecule has 4 aromatic rings. The summed E-state index contributed by atoms with van der Waals surface area (Å²) in [6.45, 7) is 0. The van der Waals surface area contributed by atoms with E-state index in [1.165, 1.54) is 6.33 Å². The monoisotopic (exact) mass is 415 g/mol. The zero-order valence-corrected chi connectivity index (χ0v) is 16.9. The summed E-state index contributed by atoms with van der Waals surface area (Å²) in [4.78, 5) is 29.6. The second kappa shape index (κ2) is 7.55. The number of hydrogen-bond donors (Lipinski definition) is 2. The molecule has 7 heteroatoms. The summed E-state index contributed by atoms with van der Waals surface area (Å²) in [7, 11) is 0. The molecule has 7 nitrogen and oxygen atoms in total. The molecule has 6 rings (SSSR count). The predicted octanol–water partition coefficient (Wildman–Crippen LogP) is 4.40. The van der Waals surface area contributed by atoms with Gasteiger partial charge in [-0.15, -0.1) is 0 Å². The summed E-state index contributed by atoms with van der Waals surface area (Å²) < 4.78 is 0. The van der Waals surface area contributed by atoms with Crippen LogP contribution in [0.5, 0.6) is 0 Å². The van der Waals surface area contributed by atoms with Crippen LogP contribution in [-0.4, -0.2) is 24.9 Å². The van der Waals surface area contributed by atoms with Gasteiger partial charge in [-0.25, -0.2) is 20.0 Å². The van der Waals surface area contributed by atoms with Crippen molar-refractivity contribution in [3.8, 4) is 11.1 Å². The fourth-order valence-electron chi connectivity index (χ4n) is 3.81. The third-order valence-electron chi connectivity index (χ3n) is 5.34. The lowest BCUT2D eigenvalue weighted by Crippen LogP contribution is -1.99. The van der Waals surface area contributed by atoms with Crippen molar-refractivity contribution in [1.82, 2.24) is 24.9 Å². The number of hydrogen-bond acceptors (Lipinski definition) is 5. The normalized spacial score (nSPS) is 12.8. The van der Waals surface area contributed by atoms with E-state index in [4.69, 9.17) is 9.98 Å². The molecule has 0 unspecified atom stereocenters. The number of fused-ring (bicyclic) bond motifs is 3. The lowest BCUT2D eigenvalue weighted by atomic mass is 10.2. The minimum absolute atomic E-state index is 0.539. The third-order valence-corrected chi connectivity index (χ3v) is 5.34. The molecule has 0 spiro atoms. The molecular weight excluding hydrogens is 398 g/mol. The second-order valence-corrected chi connectivity index (χ2v) is 7.30. The van der Waals surface area contributed by atoms with E-state index in [9.17, 15) is 0 Å². The van der Waals surface area contributed by atoms with E-state index in [1.807, 2.05) is 73.1 Å². The Hall–Kier alpha value is -4.65. The molecule has 2 N–H and O–H groups in total. The molecule has 0 radical (unpaired) electrons. The minimum atomic E-state index is 0.539. The molecule has 0 fully saturated rings. The summed E-state index contributed by atoms with van der Waals surface area (Å²) in [6.07, 6.45) is 8.82. The number of aromatic nitrogens is 5. The summed E-state index contributed by atoms with van der Waals surface area (Å²) in [5.74, 6) is 1.08. The van der Waals surface area contributed by atoms with Gasteiger partial charge in [-0.2, -0.15) is 0 Å². The lowest BCUT2D eigenvalue weighted by molar-refractivity contribution is 1.16. The van der Waals surface area contributed by atoms with Crippen LogP contribution in [0.25, 0.3) is 32.9 Å². The van der Waals surface area contributed by atoms with Crippen molar-refractivity contribution >= 4 is 33.4 Å². The van der Waals surface area contributed by atoms with Crippen molar-refractivity contribution in [2.24, 2.45) is 9.98 Å². The molecule has 0 saturated heterocycles. The highest BCUT2D eigenvalue weighted by Gasteiger charge is 2.14. The van der Waals surface area contributed by atoms with Gasteiger partial charge in [0.2, 0.25) is 0 Å². The van der Waals surface area contributed by atoms with Gasteiger partial charge in [0, 0.05) is 35.6 Å². The number of H-pyrrole nitrogens is 2. The molecule has 2 aliphatic rings. The Labute approximate surface area is 182 Å². The molecule has 0 saturated carbocycles. The van der Waals surface area contributed by atoms with Crippen molar-refractivity contribution in [2.75, 3.05) is 0 Å². The van der Waals surface area contributed by atoms with Crippen molar-refractivity contribution in [3.63, 3.8) is 0 Å². The maximum absolute atomic E-state index is 4.85. The second-order valence-electron chi connectivity index (χ2n) is 7.30. The highest BCUT2D eigenvalue weighted by atomic mass is 15.0. The van der Waals surface area contributed by atoms with Crippen LogP contribution in [0, 0.1) is 0 Å². The van der Waals surface area contributed by atoms with Gasteiger partial charge >= 0.3 is 0 Å². The molecule has 152 valence electrons. The predicted molar refractivity (Wildman–Crippen MR) is 123 cm³/mol. The molecular formula is C25H17N7. The Bertz CT molecular complexity index is 1570. The fourth-order valence-corrected chi connectivity index (χ4v) is 3.81. The van der Waals surface area contributed by atoms with Gasteiger partial charge < -0.3 is 9.97 Å². The third kappa shape index (κ3) is 3.13. The van der Waals surface area contributed by atoms with Crippen LogP contribution in [0.3, 0.4) is 0 Å². The van der Waals surface area contributed by atoms with Gasteiger partial charge in [0.05, 0.1) is 32.9 Å². The van der Waals surface area contributed by atoms with E-state index in [2.05, 4.69) is 24.9 Å². The van der Waals surface area contributed by atoms with E-state index >= 15 is 0 Å². The zero-order chi connectivity index (χ0) is 21.3. The van der Waals surface area contributed by atoms with Crippen molar-refractivity contribution in [3.05, 3.63) is 102 Å². The Morgan fingerprint density at radius 3 is 1.62 bits per heavy atom. The quantitative estimate of drug-likeness (QED) is 0.439. The molecule has 0 aliphatic carbocycles. The average Bonchev–Trinajstić information content (AvgIpc) is 3.51. The molecule has 2 aromatic carbocycles. The zero-order valence-electron chi connectivity index (χ0n) is 16.9. The molecule has 0 amide bonds. The number of nitrogens with zero attached hydrogens (tertiary/aromatic N) is 5. The van der Waals surface area contributed by atoms with Crippen molar-refractivity contribution < 1.29 is 0 Å². The van der Waals surface area contributed by atoms with E-state index in [0.29, 0.717) is 11.6 Å². The average molecular weight is 415 g/mol. The van der Waals surface area contributed by atoms with Crippen molar-refractivity contribution in [2.45, 2.75) is 0 Å². The number of rotatable bonds is 2. The SMILES string of the molecule is c1ccc2cc[nH]c2c(=Nc2ncnc(/N=c3\ccccc4cc[nH]c34)c3cncc2-3)c1. The van der Waals surface area contributed by atoms with Gasteiger partial charge in [0.15, 0.2) is 11.6 Å². The smallest absolute Gasteiger partial charge is 0.163 e. The summed E-state index contributed by atoms with van der Waals surface area (Å²) >= 11 is 0. The molecule has 4 heterocycles. The fraction of sp³-hybridized carbons (Fsp3) is 0. The van der Waals surface area contributed by atoms with E-state index in [1.54, 1.807) is 12.4 Å². The Morgan fingerprint density at radius 1 is 0.594 bits per heavy atom. The molecule has 0 atom stereocenters. The first-order valence-electron chi connectivity index (χ1n) is 10.2. The minimum Gasteiger partial charge on any atom is -0.359 e. The molecule has 2 aliphatic heterocycles.